The zero-order valence-electron chi connectivity index (χ0n) is 79.6. The van der Waals surface area contributed by atoms with Gasteiger partial charge in [-0.15, -0.1) is 45.3 Å². The summed E-state index contributed by atoms with van der Waals surface area (Å²) < 4.78 is 6.37. The Kier molecular flexibility index (Phi) is 24.0. The minimum atomic E-state index is 0.630. The molecular formula is C134H84N10S4. The van der Waals surface area contributed by atoms with Gasteiger partial charge in [-0.1, -0.05) is 406 Å². The van der Waals surface area contributed by atoms with Crippen LogP contribution in [0.4, 0.5) is 0 Å². The number of rotatable bonds is 17. The van der Waals surface area contributed by atoms with Crippen molar-refractivity contribution in [2.24, 2.45) is 0 Å². The van der Waals surface area contributed by atoms with E-state index in [0.29, 0.717) is 52.4 Å². The Morgan fingerprint density at radius 1 is 0.128 bits per heavy atom. The van der Waals surface area contributed by atoms with Gasteiger partial charge in [0.2, 0.25) is 0 Å². The molecule has 0 radical (unpaired) electrons. The van der Waals surface area contributed by atoms with Crippen molar-refractivity contribution in [2.75, 3.05) is 0 Å². The molecule has 20 aromatic carbocycles. The predicted octanol–water partition coefficient (Wildman–Crippen LogP) is 36.8. The average molecular weight is 1960 g/mol. The van der Waals surface area contributed by atoms with E-state index in [1.807, 2.05) is 59.2 Å². The average Bonchev–Trinajstić information content (AvgIpc) is 1.37. The summed E-state index contributed by atoms with van der Waals surface area (Å²) in [5.74, 6) is 5.82. The molecule has 0 saturated heterocycles. The molecule has 8 aromatic heterocycles. The number of aromatic nitrogens is 10. The maximum Gasteiger partial charge on any atom is 0.164 e. The van der Waals surface area contributed by atoms with Crippen molar-refractivity contribution >= 4 is 128 Å². The van der Waals surface area contributed by atoms with Crippen LogP contribution >= 0.6 is 45.3 Å². The lowest BCUT2D eigenvalue weighted by Gasteiger charge is -2.12. The van der Waals surface area contributed by atoms with E-state index in [1.54, 1.807) is 28.9 Å². The fraction of sp³-hybridized carbons (Fsp3) is 0. The summed E-state index contributed by atoms with van der Waals surface area (Å²) >= 11 is 7.23. The van der Waals surface area contributed by atoms with E-state index in [-0.39, 0.29) is 0 Å². The van der Waals surface area contributed by atoms with Crippen molar-refractivity contribution in [1.82, 2.24) is 49.8 Å². The quantitative estimate of drug-likeness (QED) is 0.0869. The molecule has 0 aliphatic rings. The second-order valence-corrected chi connectivity index (χ2v) is 40.9. The van der Waals surface area contributed by atoms with Crippen molar-refractivity contribution in [3.05, 3.63) is 510 Å². The monoisotopic (exact) mass is 1960 g/mol. The normalized spacial score (nSPS) is 11.4. The second kappa shape index (κ2) is 39.6. The van der Waals surface area contributed by atoms with Crippen LogP contribution in [-0.4, -0.2) is 49.8 Å². The van der Waals surface area contributed by atoms with Gasteiger partial charge in [0.05, 0.1) is 0 Å². The van der Waals surface area contributed by atoms with Crippen LogP contribution in [0.25, 0.3) is 272 Å². The molecule has 0 amide bonds. The summed E-state index contributed by atoms with van der Waals surface area (Å²) in [5.41, 5.74) is 23.7. The number of pyridine rings is 1. The number of hydrogen-bond donors (Lipinski definition) is 0. The first kappa shape index (κ1) is 89.5. The topological polar surface area (TPSA) is 129 Å². The molecule has 10 nitrogen and oxygen atoms in total. The largest absolute Gasteiger partial charge is 0.264 e. The van der Waals surface area contributed by atoms with Gasteiger partial charge in [-0.25, -0.2) is 44.9 Å². The lowest BCUT2D eigenvalue weighted by molar-refractivity contribution is 1.07. The van der Waals surface area contributed by atoms with Crippen molar-refractivity contribution in [2.45, 2.75) is 0 Å². The van der Waals surface area contributed by atoms with E-state index in [1.165, 1.54) is 131 Å². The molecule has 148 heavy (non-hydrogen) atoms. The molecule has 0 unspecified atom stereocenters. The van der Waals surface area contributed by atoms with E-state index >= 15 is 0 Å². The van der Waals surface area contributed by atoms with E-state index in [9.17, 15) is 0 Å². The van der Waals surface area contributed by atoms with Crippen LogP contribution in [0.5, 0.6) is 0 Å². The zero-order valence-corrected chi connectivity index (χ0v) is 82.9. The van der Waals surface area contributed by atoms with Crippen LogP contribution in [0.1, 0.15) is 0 Å². The lowest BCUT2D eigenvalue weighted by Crippen LogP contribution is -2.01. The van der Waals surface area contributed by atoms with Crippen LogP contribution in [0.2, 0.25) is 0 Å². The van der Waals surface area contributed by atoms with Gasteiger partial charge >= 0.3 is 0 Å². The molecule has 0 N–H and O–H groups in total. The number of fused-ring (bicyclic) bond motifs is 9. The summed E-state index contributed by atoms with van der Waals surface area (Å²) in [6, 6.07) is 175. The highest BCUT2D eigenvalue weighted by molar-refractivity contribution is 7.26. The number of hydrogen-bond acceptors (Lipinski definition) is 14. The van der Waals surface area contributed by atoms with Crippen molar-refractivity contribution < 1.29 is 0 Å². The fourth-order valence-electron chi connectivity index (χ4n) is 19.3. The van der Waals surface area contributed by atoms with Gasteiger partial charge in [0.15, 0.2) is 52.4 Å². The highest BCUT2D eigenvalue weighted by Gasteiger charge is 2.23. The molecule has 14 heteroatoms. The summed E-state index contributed by atoms with van der Waals surface area (Å²) in [4.78, 5) is 53.7. The Bertz CT molecular complexity index is 9730. The maximum absolute atomic E-state index is 5.13. The van der Waals surface area contributed by atoms with E-state index in [4.69, 9.17) is 44.9 Å². The van der Waals surface area contributed by atoms with Crippen LogP contribution < -0.4 is 0 Å². The van der Waals surface area contributed by atoms with E-state index in [0.717, 1.165) is 88.5 Å². The minimum Gasteiger partial charge on any atom is -0.264 e. The number of benzene rings is 20. The molecule has 0 bridgehead atoms. The fourth-order valence-corrected chi connectivity index (χ4v) is 23.7. The van der Waals surface area contributed by atoms with Crippen LogP contribution in [-0.2, 0) is 0 Å². The summed E-state index contributed by atoms with van der Waals surface area (Å²) in [6.45, 7) is 0. The molecular weight excluding hydrogens is 1880 g/mol. The Balaban J connectivity index is 0.000000112. The maximum atomic E-state index is 5.13. The van der Waals surface area contributed by atoms with Crippen molar-refractivity contribution in [3.8, 4) is 189 Å². The lowest BCUT2D eigenvalue weighted by atomic mass is 9.98. The van der Waals surface area contributed by atoms with Gasteiger partial charge < -0.3 is 0 Å². The third kappa shape index (κ3) is 18.6. The SMILES string of the molecule is c1ccc(-c2ccc3cc(-c4nc(-c5ccc(-c6cc7ccccc7s6)cc5)nc(-c5ccc6c(c5)sc5ccccc56)n4)ccc3c2)cc1.c1ccc(-c2ccc3cc(-c4nc(-c5ccc(-c6cc7ccccc7s6)cc5)nc(-c5ccccc5-c5ccccc5)n4)ccc3c2)cc1.c1ccc(-c2ccc3cc(-c4nc(-c5ccc(-c6cccnc6)cc5)nc(-c5ccc(-c6cc7ccccc7s6)cc5)n4)ccc3c2)cc1. The van der Waals surface area contributed by atoms with E-state index in [2.05, 4.69) is 472 Å². The summed E-state index contributed by atoms with van der Waals surface area (Å²) in [6.07, 6.45) is 3.66. The first-order valence-corrected chi connectivity index (χ1v) is 52.4. The Hall–Kier alpha value is -18.5. The Morgan fingerprint density at radius 3 is 0.750 bits per heavy atom. The molecule has 28 rings (SSSR count). The molecule has 0 saturated carbocycles. The second-order valence-electron chi connectivity index (χ2n) is 36.6. The van der Waals surface area contributed by atoms with Crippen LogP contribution in [0.15, 0.2) is 510 Å². The van der Waals surface area contributed by atoms with Gasteiger partial charge in [0.25, 0.3) is 0 Å². The molecule has 694 valence electrons. The predicted molar refractivity (Wildman–Crippen MR) is 621 cm³/mol. The molecule has 8 heterocycles. The molecule has 0 fully saturated rings. The molecule has 0 aliphatic carbocycles. The number of nitrogens with zero attached hydrogens (tertiary/aromatic N) is 10. The third-order valence-electron chi connectivity index (χ3n) is 27.1. The third-order valence-corrected chi connectivity index (χ3v) is 31.7. The summed E-state index contributed by atoms with van der Waals surface area (Å²) in [5, 5.41) is 13.3. The van der Waals surface area contributed by atoms with Crippen molar-refractivity contribution in [3.63, 3.8) is 0 Å². The van der Waals surface area contributed by atoms with Gasteiger partial charge in [0, 0.05) is 111 Å². The first-order valence-electron chi connectivity index (χ1n) is 49.1. The zero-order chi connectivity index (χ0) is 98.2. The van der Waals surface area contributed by atoms with Crippen LogP contribution in [0.3, 0.4) is 0 Å². The summed E-state index contributed by atoms with van der Waals surface area (Å²) in [7, 11) is 0. The molecule has 0 atom stereocenters. The Morgan fingerprint density at radius 2 is 0.385 bits per heavy atom. The highest BCUT2D eigenvalue weighted by Crippen LogP contribution is 2.44. The van der Waals surface area contributed by atoms with Crippen molar-refractivity contribution in [1.29, 1.82) is 0 Å². The molecule has 28 aromatic rings. The van der Waals surface area contributed by atoms with Gasteiger partial charge in [-0.05, 0) is 212 Å². The molecule has 0 spiro atoms. The first-order chi connectivity index (χ1) is 73.2. The highest BCUT2D eigenvalue weighted by atomic mass is 32.1. The van der Waals surface area contributed by atoms with Gasteiger partial charge in [0.1, 0.15) is 0 Å². The minimum absolute atomic E-state index is 0.630. The van der Waals surface area contributed by atoms with Gasteiger partial charge in [-0.2, -0.15) is 0 Å². The number of thiophene rings is 4. The smallest absolute Gasteiger partial charge is 0.164 e. The van der Waals surface area contributed by atoms with E-state index < -0.39 is 0 Å². The molecule has 0 aliphatic heterocycles. The van der Waals surface area contributed by atoms with Crippen LogP contribution in [0, 0.1) is 0 Å². The van der Waals surface area contributed by atoms with Gasteiger partial charge in [-0.3, -0.25) is 4.98 Å². The standard InChI is InChI=1S/C45H27N3S2.C45H29N3S.C44H28N4S/c1-2-8-28(9-3-1)31-18-19-33-25-35(21-20-32(33)24-31)44-46-43(30-16-14-29(15-17-30)41-26-34-10-4-6-12-39(34)49-41)47-45(48-44)36-22-23-38-37-11-5-7-13-40(37)50-42(38)27-36;1-3-11-30(12-4-1)34-23-24-36-28-38(26-25-35(36)27-34)44-46-43(33-21-19-32(20-22-33)42-29-37-15-7-10-18-41(37)49-42)47-45(48-44)40-17-9-8-16-39(40)31-13-5-2-6-14-31;1-2-7-29(8-3-1)34-20-21-36-26-38(23-22-35(36)25-34)44-47-42(32-16-12-30(13-17-32)39-10-6-24-45-28-39)46-43(48-44)33-18-14-31(15-19-33)41-27-37-9-4-5-11-40(37)49-41/h1-27H;1-29H;1-28H. The Labute approximate surface area is 870 Å².